The van der Waals surface area contributed by atoms with Gasteiger partial charge in [0.05, 0.1) is 10.9 Å². The van der Waals surface area contributed by atoms with E-state index in [1.807, 2.05) is 19.2 Å². The zero-order valence-electron chi connectivity index (χ0n) is 15.0. The van der Waals surface area contributed by atoms with Crippen LogP contribution in [0.15, 0.2) is 53.4 Å². The minimum Gasteiger partial charge on any atom is -0.484 e. The van der Waals surface area contributed by atoms with Crippen molar-refractivity contribution in [1.82, 2.24) is 4.90 Å². The van der Waals surface area contributed by atoms with E-state index in [2.05, 4.69) is 12.1 Å². The summed E-state index contributed by atoms with van der Waals surface area (Å²) < 4.78 is 28.5. The fourth-order valence-electron chi connectivity index (χ4n) is 3.33. The number of carbonyl (C=O) groups is 1. The lowest BCUT2D eigenvalue weighted by Crippen LogP contribution is -2.36. The topological polar surface area (TPSA) is 63.7 Å². The van der Waals surface area contributed by atoms with Gasteiger partial charge in [0.15, 0.2) is 16.4 Å². The Morgan fingerprint density at radius 1 is 1.15 bits per heavy atom. The molecule has 0 fully saturated rings. The number of rotatable bonds is 5. The lowest BCUT2D eigenvalue weighted by molar-refractivity contribution is -0.134. The van der Waals surface area contributed by atoms with Crippen LogP contribution in [0.5, 0.6) is 5.75 Å². The first-order valence-electron chi connectivity index (χ1n) is 8.62. The predicted molar refractivity (Wildman–Crippen MR) is 99.9 cm³/mol. The third-order valence-corrected chi connectivity index (χ3v) is 5.94. The molecule has 0 saturated carbocycles. The van der Waals surface area contributed by atoms with E-state index < -0.39 is 9.84 Å². The SMILES string of the molecule is CN(C(=O)COc1ccc(S(C)(=O)=O)cc1)[C@@H]1CCCc2ccccc21. The van der Waals surface area contributed by atoms with E-state index in [1.165, 1.54) is 23.3 Å². The van der Waals surface area contributed by atoms with Crippen LogP contribution in [0.1, 0.15) is 30.0 Å². The molecule has 0 aromatic heterocycles. The summed E-state index contributed by atoms with van der Waals surface area (Å²) in [5.74, 6) is 0.377. The van der Waals surface area contributed by atoms with E-state index in [1.54, 1.807) is 17.0 Å². The van der Waals surface area contributed by atoms with Crippen molar-refractivity contribution in [2.75, 3.05) is 19.9 Å². The fourth-order valence-corrected chi connectivity index (χ4v) is 3.96. The van der Waals surface area contributed by atoms with Crippen LogP contribution in [0, 0.1) is 0 Å². The number of likely N-dealkylation sites (N-methyl/N-ethyl adjacent to an activating group) is 1. The molecule has 0 aliphatic heterocycles. The number of sulfone groups is 1. The monoisotopic (exact) mass is 373 g/mol. The second kappa shape index (κ2) is 7.50. The zero-order valence-corrected chi connectivity index (χ0v) is 15.8. The van der Waals surface area contributed by atoms with Crippen molar-refractivity contribution in [2.45, 2.75) is 30.2 Å². The number of benzene rings is 2. The van der Waals surface area contributed by atoms with E-state index >= 15 is 0 Å². The third-order valence-electron chi connectivity index (χ3n) is 4.81. The summed E-state index contributed by atoms with van der Waals surface area (Å²) in [6.07, 6.45) is 4.22. The van der Waals surface area contributed by atoms with Gasteiger partial charge in [-0.2, -0.15) is 0 Å². The molecule has 1 aliphatic carbocycles. The highest BCUT2D eigenvalue weighted by Gasteiger charge is 2.26. The maximum Gasteiger partial charge on any atom is 0.260 e. The smallest absolute Gasteiger partial charge is 0.260 e. The summed E-state index contributed by atoms with van der Waals surface area (Å²) in [4.78, 5) is 14.5. The van der Waals surface area contributed by atoms with Gasteiger partial charge >= 0.3 is 0 Å². The molecular formula is C20H23NO4S. The number of aryl methyl sites for hydroxylation is 1. The quantitative estimate of drug-likeness (QED) is 0.808. The normalized spacial score (nSPS) is 16.6. The van der Waals surface area contributed by atoms with E-state index in [0.717, 1.165) is 25.5 Å². The molecule has 0 saturated heterocycles. The van der Waals surface area contributed by atoms with Crippen LogP contribution in [0.2, 0.25) is 0 Å². The number of nitrogens with zero attached hydrogens (tertiary/aromatic N) is 1. The van der Waals surface area contributed by atoms with Crippen molar-refractivity contribution < 1.29 is 17.9 Å². The molecule has 1 atom stereocenters. The Balaban J connectivity index is 1.64. The van der Waals surface area contributed by atoms with E-state index in [4.69, 9.17) is 4.74 Å². The summed E-state index contributed by atoms with van der Waals surface area (Å²) in [6, 6.07) is 14.4. The number of amides is 1. The Morgan fingerprint density at radius 3 is 2.54 bits per heavy atom. The van der Waals surface area contributed by atoms with E-state index in [-0.39, 0.29) is 23.5 Å². The van der Waals surface area contributed by atoms with Gasteiger partial charge in [0, 0.05) is 13.3 Å². The van der Waals surface area contributed by atoms with Gasteiger partial charge in [-0.25, -0.2) is 8.42 Å². The minimum absolute atomic E-state index is 0.0728. The van der Waals surface area contributed by atoms with Crippen molar-refractivity contribution in [3.8, 4) is 5.75 Å². The number of fused-ring (bicyclic) bond motifs is 1. The molecule has 26 heavy (non-hydrogen) atoms. The Labute approximate surface area is 154 Å². The average Bonchev–Trinajstić information content (AvgIpc) is 2.64. The molecule has 0 N–H and O–H groups in total. The van der Waals surface area contributed by atoms with E-state index in [9.17, 15) is 13.2 Å². The molecular weight excluding hydrogens is 350 g/mol. The summed E-state index contributed by atoms with van der Waals surface area (Å²) in [5, 5.41) is 0. The largest absolute Gasteiger partial charge is 0.484 e. The lowest BCUT2D eigenvalue weighted by atomic mass is 9.87. The molecule has 2 aromatic carbocycles. The summed E-state index contributed by atoms with van der Waals surface area (Å²) in [6.45, 7) is -0.0760. The highest BCUT2D eigenvalue weighted by atomic mass is 32.2. The minimum atomic E-state index is -3.24. The molecule has 0 bridgehead atoms. The molecule has 1 aliphatic rings. The maximum atomic E-state index is 12.6. The van der Waals surface area contributed by atoms with Gasteiger partial charge in [0.25, 0.3) is 5.91 Å². The molecule has 0 unspecified atom stereocenters. The van der Waals surface area contributed by atoms with Crippen molar-refractivity contribution in [1.29, 1.82) is 0 Å². The van der Waals surface area contributed by atoms with Crippen LogP contribution in [0.4, 0.5) is 0 Å². The molecule has 1 amide bonds. The highest BCUT2D eigenvalue weighted by molar-refractivity contribution is 7.90. The summed E-state index contributed by atoms with van der Waals surface area (Å²) >= 11 is 0. The van der Waals surface area contributed by atoms with Crippen LogP contribution in [-0.4, -0.2) is 39.1 Å². The molecule has 2 aromatic rings. The highest BCUT2D eigenvalue weighted by Crippen LogP contribution is 2.33. The first kappa shape index (κ1) is 18.5. The van der Waals surface area contributed by atoms with Crippen LogP contribution in [0.25, 0.3) is 0 Å². The zero-order chi connectivity index (χ0) is 18.7. The maximum absolute atomic E-state index is 12.6. The molecule has 5 nitrogen and oxygen atoms in total. The fraction of sp³-hybridized carbons (Fsp3) is 0.350. The molecule has 0 spiro atoms. The van der Waals surface area contributed by atoms with Gasteiger partial charge in [-0.1, -0.05) is 24.3 Å². The summed E-state index contributed by atoms with van der Waals surface area (Å²) in [5.41, 5.74) is 2.52. The van der Waals surface area contributed by atoms with Crippen LogP contribution >= 0.6 is 0 Å². The first-order valence-corrected chi connectivity index (χ1v) is 10.5. The van der Waals surface area contributed by atoms with E-state index in [0.29, 0.717) is 5.75 Å². The van der Waals surface area contributed by atoms with Crippen molar-refractivity contribution >= 4 is 15.7 Å². The second-order valence-corrected chi connectivity index (χ2v) is 8.66. The molecule has 3 rings (SSSR count). The Morgan fingerprint density at radius 2 is 1.85 bits per heavy atom. The first-order chi connectivity index (χ1) is 12.4. The molecule has 6 heteroatoms. The molecule has 138 valence electrons. The number of hydrogen-bond acceptors (Lipinski definition) is 4. The van der Waals surface area contributed by atoms with Gasteiger partial charge in [0.1, 0.15) is 5.75 Å². The Hall–Kier alpha value is -2.34. The molecule has 0 radical (unpaired) electrons. The van der Waals surface area contributed by atoms with Gasteiger partial charge in [-0.3, -0.25) is 4.79 Å². The van der Waals surface area contributed by atoms with Crippen LogP contribution in [0.3, 0.4) is 0 Å². The average molecular weight is 373 g/mol. The van der Waals surface area contributed by atoms with Gasteiger partial charge in [0.2, 0.25) is 0 Å². The number of ether oxygens (including phenoxy) is 1. The van der Waals surface area contributed by atoms with Crippen LogP contribution < -0.4 is 4.74 Å². The van der Waals surface area contributed by atoms with Crippen molar-refractivity contribution in [2.24, 2.45) is 0 Å². The van der Waals surface area contributed by atoms with Gasteiger partial charge in [-0.05, 0) is 54.7 Å². The van der Waals surface area contributed by atoms with Crippen molar-refractivity contribution in [3.05, 3.63) is 59.7 Å². The standard InChI is InChI=1S/C20H23NO4S/c1-21(19-9-5-7-15-6-3-4-8-18(15)19)20(22)14-25-16-10-12-17(13-11-16)26(2,23)24/h3-4,6,8,10-13,19H,5,7,9,14H2,1-2H3/t19-/m1/s1. The predicted octanol–water partition coefficient (Wildman–Crippen LogP) is 3.00. The number of hydrogen-bond donors (Lipinski definition) is 0. The van der Waals surface area contributed by atoms with Crippen molar-refractivity contribution in [3.63, 3.8) is 0 Å². The Bertz CT molecular complexity index is 890. The van der Waals surface area contributed by atoms with Crippen LogP contribution in [-0.2, 0) is 21.1 Å². The number of carbonyl (C=O) groups excluding carboxylic acids is 1. The Kier molecular flexibility index (Phi) is 5.32. The molecule has 0 heterocycles. The lowest BCUT2D eigenvalue weighted by Gasteiger charge is -2.33. The second-order valence-electron chi connectivity index (χ2n) is 6.64. The third kappa shape index (κ3) is 4.07. The summed E-state index contributed by atoms with van der Waals surface area (Å²) in [7, 11) is -1.43. The van der Waals surface area contributed by atoms with Gasteiger partial charge < -0.3 is 9.64 Å². The van der Waals surface area contributed by atoms with Gasteiger partial charge in [-0.15, -0.1) is 0 Å².